The number of likely N-dealkylation sites (tertiary alicyclic amines) is 1. The summed E-state index contributed by atoms with van der Waals surface area (Å²) in [7, 11) is 3.26. The number of rotatable bonds is 5. The molecule has 1 saturated carbocycles. The maximum absolute atomic E-state index is 14.1. The molecule has 5 rings (SSSR count). The summed E-state index contributed by atoms with van der Waals surface area (Å²) in [6.07, 6.45) is 3.25. The van der Waals surface area contributed by atoms with Gasteiger partial charge in [0.15, 0.2) is 0 Å². The number of carbonyl (C=O) groups excluding carboxylic acids is 1. The Morgan fingerprint density at radius 3 is 2.47 bits per heavy atom. The van der Waals surface area contributed by atoms with Crippen LogP contribution in [0.3, 0.4) is 0 Å². The number of carbonyl (C=O) groups is 1. The predicted molar refractivity (Wildman–Crippen MR) is 133 cm³/mol. The molecule has 2 heterocycles. The van der Waals surface area contributed by atoms with E-state index >= 15 is 0 Å². The fourth-order valence-corrected chi connectivity index (χ4v) is 6.29. The van der Waals surface area contributed by atoms with E-state index in [2.05, 4.69) is 25.7 Å². The molecule has 2 aromatic carbocycles. The lowest BCUT2D eigenvalue weighted by Crippen LogP contribution is -2.38. The topological polar surface area (TPSA) is 56.6 Å². The van der Waals surface area contributed by atoms with Gasteiger partial charge in [0.05, 0.1) is 25.6 Å². The number of aromatic nitrogens is 2. The van der Waals surface area contributed by atoms with Crippen LogP contribution in [-0.2, 0) is 0 Å². The molecular formula is C28H33N3O3. The van der Waals surface area contributed by atoms with Gasteiger partial charge < -0.3 is 14.4 Å². The molecule has 2 fully saturated rings. The molecular weight excluding hydrogens is 426 g/mol. The molecule has 1 aromatic heterocycles. The van der Waals surface area contributed by atoms with Gasteiger partial charge in [-0.2, -0.15) is 5.10 Å². The number of benzene rings is 2. The first-order chi connectivity index (χ1) is 16.2. The Morgan fingerprint density at radius 1 is 1.00 bits per heavy atom. The summed E-state index contributed by atoms with van der Waals surface area (Å²) >= 11 is 0. The van der Waals surface area contributed by atoms with Gasteiger partial charge in [0.2, 0.25) is 0 Å². The first-order valence-electron chi connectivity index (χ1n) is 11.9. The van der Waals surface area contributed by atoms with E-state index in [-0.39, 0.29) is 22.8 Å². The van der Waals surface area contributed by atoms with Crippen LogP contribution in [-0.4, -0.2) is 47.4 Å². The van der Waals surface area contributed by atoms with Crippen LogP contribution in [0, 0.1) is 10.8 Å². The van der Waals surface area contributed by atoms with E-state index in [9.17, 15) is 4.79 Å². The van der Waals surface area contributed by atoms with Crippen molar-refractivity contribution >= 4 is 5.91 Å². The third kappa shape index (κ3) is 3.95. The van der Waals surface area contributed by atoms with Crippen molar-refractivity contribution in [2.45, 2.75) is 46.1 Å². The zero-order valence-corrected chi connectivity index (χ0v) is 20.7. The van der Waals surface area contributed by atoms with Crippen LogP contribution in [0.1, 0.15) is 50.5 Å². The maximum Gasteiger partial charge on any atom is 0.272 e. The number of hydrogen-bond acceptors (Lipinski definition) is 4. The molecule has 2 aliphatic rings. The number of nitrogens with zero attached hydrogens (tertiary/aromatic N) is 3. The van der Waals surface area contributed by atoms with Crippen molar-refractivity contribution in [3.05, 3.63) is 60.3 Å². The second kappa shape index (κ2) is 8.19. The van der Waals surface area contributed by atoms with Gasteiger partial charge in [-0.05, 0) is 60.4 Å². The van der Waals surface area contributed by atoms with Crippen molar-refractivity contribution in [2.24, 2.45) is 10.8 Å². The van der Waals surface area contributed by atoms with Crippen LogP contribution in [0.4, 0.5) is 0 Å². The molecule has 178 valence electrons. The Morgan fingerprint density at radius 2 is 1.76 bits per heavy atom. The van der Waals surface area contributed by atoms with Crippen molar-refractivity contribution in [3.8, 4) is 28.4 Å². The third-order valence-corrected chi connectivity index (χ3v) is 7.29. The molecule has 6 heteroatoms. The predicted octanol–water partition coefficient (Wildman–Crippen LogP) is 5.60. The monoisotopic (exact) mass is 459 g/mol. The lowest BCUT2D eigenvalue weighted by atomic mass is 9.65. The van der Waals surface area contributed by atoms with E-state index in [1.807, 2.05) is 54.6 Å². The zero-order valence-electron chi connectivity index (χ0n) is 20.7. The largest absolute Gasteiger partial charge is 0.497 e. The molecule has 34 heavy (non-hydrogen) atoms. The number of fused-ring (bicyclic) bond motifs is 2. The number of ether oxygens (including phenoxy) is 2. The first-order valence-corrected chi connectivity index (χ1v) is 11.9. The van der Waals surface area contributed by atoms with Gasteiger partial charge in [-0.25, -0.2) is 4.68 Å². The molecule has 2 atom stereocenters. The molecule has 1 amide bonds. The molecule has 2 bridgehead atoms. The average molecular weight is 460 g/mol. The highest BCUT2D eigenvalue weighted by Crippen LogP contribution is 2.52. The van der Waals surface area contributed by atoms with Gasteiger partial charge in [-0.15, -0.1) is 0 Å². The van der Waals surface area contributed by atoms with Gasteiger partial charge >= 0.3 is 0 Å². The lowest BCUT2D eigenvalue weighted by Gasteiger charge is -2.39. The van der Waals surface area contributed by atoms with Crippen LogP contribution in [0.5, 0.6) is 11.5 Å². The number of hydrogen-bond donors (Lipinski definition) is 0. The maximum atomic E-state index is 14.1. The zero-order chi connectivity index (χ0) is 24.1. The van der Waals surface area contributed by atoms with Crippen molar-refractivity contribution < 1.29 is 14.3 Å². The van der Waals surface area contributed by atoms with E-state index in [4.69, 9.17) is 14.6 Å². The van der Waals surface area contributed by atoms with Crippen molar-refractivity contribution in [3.63, 3.8) is 0 Å². The highest BCUT2D eigenvalue weighted by molar-refractivity contribution is 5.95. The summed E-state index contributed by atoms with van der Waals surface area (Å²) in [5.74, 6) is 1.41. The number of para-hydroxylation sites is 1. The Balaban J connectivity index is 1.59. The van der Waals surface area contributed by atoms with Gasteiger partial charge in [0.1, 0.15) is 17.2 Å². The van der Waals surface area contributed by atoms with E-state index in [1.54, 1.807) is 18.9 Å². The van der Waals surface area contributed by atoms with E-state index in [1.165, 1.54) is 0 Å². The van der Waals surface area contributed by atoms with Gasteiger partial charge in [0, 0.05) is 24.2 Å². The quantitative estimate of drug-likeness (QED) is 0.499. The second-order valence-electron chi connectivity index (χ2n) is 10.9. The molecule has 2 unspecified atom stereocenters. The molecule has 0 spiro atoms. The Labute approximate surface area is 201 Å². The minimum Gasteiger partial charge on any atom is -0.497 e. The number of methoxy groups -OCH3 is 2. The first kappa shape index (κ1) is 22.5. The van der Waals surface area contributed by atoms with Gasteiger partial charge in [-0.1, -0.05) is 39.0 Å². The fourth-order valence-electron chi connectivity index (χ4n) is 6.29. The Bertz CT molecular complexity index is 1220. The van der Waals surface area contributed by atoms with Crippen LogP contribution < -0.4 is 9.47 Å². The summed E-state index contributed by atoms with van der Waals surface area (Å²) in [4.78, 5) is 16.1. The molecule has 1 aliphatic heterocycles. The van der Waals surface area contributed by atoms with Crippen LogP contribution in [0.2, 0.25) is 0 Å². The van der Waals surface area contributed by atoms with Gasteiger partial charge in [-0.3, -0.25) is 4.79 Å². The molecule has 0 radical (unpaired) electrons. The van der Waals surface area contributed by atoms with E-state index in [0.717, 1.165) is 37.1 Å². The van der Waals surface area contributed by atoms with Crippen molar-refractivity contribution in [2.75, 3.05) is 20.8 Å². The standard InChI is InChI=1S/C28H33N3O3/c1-27(2)15-20-16-28(3,17-27)18-30(20)26(32)24-14-23(29-31(24)19-9-7-6-8-10-19)22-12-11-21(33-4)13-25(22)34-5/h6-14,20H,15-18H2,1-5H3. The minimum atomic E-state index is 0.0431. The summed E-state index contributed by atoms with van der Waals surface area (Å²) in [5, 5.41) is 4.89. The smallest absolute Gasteiger partial charge is 0.272 e. The van der Waals surface area contributed by atoms with Gasteiger partial charge in [0.25, 0.3) is 5.91 Å². The third-order valence-electron chi connectivity index (χ3n) is 7.29. The molecule has 1 aliphatic carbocycles. The second-order valence-corrected chi connectivity index (χ2v) is 10.9. The van der Waals surface area contributed by atoms with Crippen LogP contribution >= 0.6 is 0 Å². The summed E-state index contributed by atoms with van der Waals surface area (Å²) in [6.45, 7) is 7.78. The fraction of sp³-hybridized carbons (Fsp3) is 0.429. The van der Waals surface area contributed by atoms with E-state index < -0.39 is 0 Å². The van der Waals surface area contributed by atoms with Crippen LogP contribution in [0.15, 0.2) is 54.6 Å². The summed E-state index contributed by atoms with van der Waals surface area (Å²) < 4.78 is 12.8. The molecule has 1 saturated heterocycles. The van der Waals surface area contributed by atoms with E-state index in [0.29, 0.717) is 22.9 Å². The van der Waals surface area contributed by atoms with Crippen LogP contribution in [0.25, 0.3) is 16.9 Å². The minimum absolute atomic E-state index is 0.0431. The SMILES string of the molecule is COc1ccc(-c2cc(C(=O)N3CC4(C)CC3CC(C)(C)C4)n(-c3ccccc3)n2)c(OC)c1. The average Bonchev–Trinajstić information content (AvgIpc) is 3.36. The van der Waals surface area contributed by atoms with Crippen molar-refractivity contribution in [1.29, 1.82) is 0 Å². The van der Waals surface area contributed by atoms with Crippen molar-refractivity contribution in [1.82, 2.24) is 14.7 Å². The summed E-state index contributed by atoms with van der Waals surface area (Å²) in [6, 6.07) is 17.7. The summed E-state index contributed by atoms with van der Waals surface area (Å²) in [5.41, 5.74) is 3.36. The normalized spacial score (nSPS) is 23.1. The highest BCUT2D eigenvalue weighted by Gasteiger charge is 2.51. The molecule has 3 aromatic rings. The lowest BCUT2D eigenvalue weighted by molar-refractivity contribution is 0.0699. The Hall–Kier alpha value is -3.28. The number of amides is 1. The Kier molecular flexibility index (Phi) is 5.42. The molecule has 0 N–H and O–H groups in total. The highest BCUT2D eigenvalue weighted by atomic mass is 16.5. The molecule has 6 nitrogen and oxygen atoms in total.